The molecule has 8 nitrogen and oxygen atoms in total. The van der Waals surface area contributed by atoms with E-state index in [0.29, 0.717) is 23.9 Å². The van der Waals surface area contributed by atoms with E-state index in [2.05, 4.69) is 29.5 Å². The van der Waals surface area contributed by atoms with Crippen LogP contribution in [0, 0.1) is 11.4 Å². The van der Waals surface area contributed by atoms with E-state index in [1.165, 1.54) is 6.07 Å². The Bertz CT molecular complexity index is 1430. The second-order valence-corrected chi connectivity index (χ2v) is 13.1. The lowest BCUT2D eigenvalue weighted by atomic mass is 9.57. The van der Waals surface area contributed by atoms with Crippen molar-refractivity contribution >= 4 is 27.3 Å². The number of pyridine rings is 1. The highest BCUT2D eigenvalue weighted by Gasteiger charge is 2.54. The van der Waals surface area contributed by atoms with Gasteiger partial charge in [-0.15, -0.1) is 10.2 Å². The number of nitrogens with zero attached hydrogens (tertiary/aromatic N) is 6. The van der Waals surface area contributed by atoms with Crippen LogP contribution in [0.1, 0.15) is 36.0 Å². The molecule has 0 N–H and O–H groups in total. The zero-order valence-corrected chi connectivity index (χ0v) is 20.5. The number of anilines is 1. The van der Waals surface area contributed by atoms with Gasteiger partial charge in [-0.3, -0.25) is 9.47 Å². The molecule has 5 heterocycles. The molecule has 1 saturated carbocycles. The van der Waals surface area contributed by atoms with E-state index in [9.17, 15) is 12.8 Å². The number of halogens is 2. The summed E-state index contributed by atoms with van der Waals surface area (Å²) in [5.41, 5.74) is 2.29. The van der Waals surface area contributed by atoms with Crippen LogP contribution in [-0.4, -0.2) is 63.7 Å². The maximum absolute atomic E-state index is 13.5. The fourth-order valence-corrected chi connectivity index (χ4v) is 7.94. The molecule has 4 aliphatic rings. The third-order valence-electron chi connectivity index (χ3n) is 7.97. The fraction of sp³-hybridized carbons (Fsp3) is 0.458. The van der Waals surface area contributed by atoms with E-state index in [-0.39, 0.29) is 28.9 Å². The van der Waals surface area contributed by atoms with Gasteiger partial charge < -0.3 is 4.90 Å². The number of hydrogen-bond acceptors (Lipinski definition) is 7. The van der Waals surface area contributed by atoms with Crippen LogP contribution in [0.15, 0.2) is 36.4 Å². The summed E-state index contributed by atoms with van der Waals surface area (Å²) in [6.07, 6.45) is 2.01. The summed E-state index contributed by atoms with van der Waals surface area (Å²) < 4.78 is 39.3. The molecule has 2 saturated heterocycles. The Morgan fingerprint density at radius 1 is 1.06 bits per heavy atom. The van der Waals surface area contributed by atoms with Crippen molar-refractivity contribution in [3.63, 3.8) is 0 Å². The van der Waals surface area contributed by atoms with E-state index in [1.54, 1.807) is 6.07 Å². The average Bonchev–Trinajstić information content (AvgIpc) is 3.05. The lowest BCUT2D eigenvalue weighted by Gasteiger charge is -2.59. The summed E-state index contributed by atoms with van der Waals surface area (Å²) in [4.78, 5) is 8.33. The summed E-state index contributed by atoms with van der Waals surface area (Å²) in [6.45, 7) is 2.92. The molecule has 1 spiro atoms. The van der Waals surface area contributed by atoms with Crippen molar-refractivity contribution in [3.8, 4) is 5.69 Å². The van der Waals surface area contributed by atoms with Crippen LogP contribution in [0.3, 0.4) is 0 Å². The first kappa shape index (κ1) is 21.7. The maximum atomic E-state index is 13.5. The SMILES string of the molecule is O=S1(=O)CC(N2Cc3cc(Cl)ccc3-n3c(nnc3C3CC4(C3)CN(c3cccc(F)n3)C4)C2)C1. The van der Waals surface area contributed by atoms with Crippen LogP contribution >= 0.6 is 11.6 Å². The highest BCUT2D eigenvalue weighted by molar-refractivity contribution is 7.92. The molecule has 182 valence electrons. The van der Waals surface area contributed by atoms with Gasteiger partial charge in [0, 0.05) is 42.0 Å². The maximum Gasteiger partial charge on any atom is 0.214 e. The standard InChI is InChI=1S/C24H24ClFN6O2S/c25-17-4-5-19-15(6-17)9-30(18-11-35(33,34)12-18)10-22-28-29-23(32(19)22)16-7-24(8-16)13-31(14-24)21-3-1-2-20(26)27-21/h1-6,16,18H,7-14H2. The van der Waals surface area contributed by atoms with E-state index in [0.717, 1.165) is 48.8 Å². The van der Waals surface area contributed by atoms with E-state index < -0.39 is 15.8 Å². The zero-order chi connectivity index (χ0) is 23.9. The van der Waals surface area contributed by atoms with Crippen molar-refractivity contribution in [2.24, 2.45) is 5.41 Å². The van der Waals surface area contributed by atoms with Crippen molar-refractivity contribution in [1.29, 1.82) is 0 Å². The van der Waals surface area contributed by atoms with Gasteiger partial charge in [-0.1, -0.05) is 17.7 Å². The van der Waals surface area contributed by atoms with Gasteiger partial charge in [0.25, 0.3) is 0 Å². The third kappa shape index (κ3) is 3.56. The largest absolute Gasteiger partial charge is 0.355 e. The molecule has 7 rings (SSSR count). The highest BCUT2D eigenvalue weighted by Crippen LogP contribution is 2.56. The second kappa shape index (κ2) is 7.47. The average molecular weight is 515 g/mol. The van der Waals surface area contributed by atoms with Crippen molar-refractivity contribution in [3.05, 3.63) is 64.6 Å². The minimum Gasteiger partial charge on any atom is -0.355 e. The van der Waals surface area contributed by atoms with Crippen LogP contribution in [0.4, 0.5) is 10.2 Å². The molecule has 2 aromatic heterocycles. The number of fused-ring (bicyclic) bond motifs is 3. The van der Waals surface area contributed by atoms with Gasteiger partial charge in [0.1, 0.15) is 11.6 Å². The van der Waals surface area contributed by atoms with E-state index >= 15 is 0 Å². The number of sulfone groups is 1. The van der Waals surface area contributed by atoms with Crippen LogP contribution in [0.5, 0.6) is 0 Å². The molecule has 35 heavy (non-hydrogen) atoms. The number of benzene rings is 1. The molecular weight excluding hydrogens is 491 g/mol. The predicted octanol–water partition coefficient (Wildman–Crippen LogP) is 2.95. The first-order chi connectivity index (χ1) is 16.8. The topological polar surface area (TPSA) is 84.2 Å². The summed E-state index contributed by atoms with van der Waals surface area (Å²) >= 11 is 6.34. The quantitative estimate of drug-likeness (QED) is 0.497. The van der Waals surface area contributed by atoms with E-state index in [4.69, 9.17) is 11.6 Å². The molecule has 0 bridgehead atoms. The monoisotopic (exact) mass is 514 g/mol. The van der Waals surface area contributed by atoms with E-state index in [1.807, 2.05) is 24.3 Å². The van der Waals surface area contributed by atoms with Gasteiger partial charge in [0.2, 0.25) is 5.95 Å². The molecule has 0 unspecified atom stereocenters. The number of hydrogen-bond donors (Lipinski definition) is 0. The summed E-state index contributed by atoms with van der Waals surface area (Å²) in [5, 5.41) is 9.84. The molecule has 1 aliphatic carbocycles. The third-order valence-corrected chi connectivity index (χ3v) is 9.99. The Morgan fingerprint density at radius 2 is 1.86 bits per heavy atom. The van der Waals surface area contributed by atoms with Gasteiger partial charge >= 0.3 is 0 Å². The fourth-order valence-electron chi connectivity index (χ4n) is 6.25. The Hall–Kier alpha value is -2.56. The van der Waals surface area contributed by atoms with Crippen LogP contribution in [-0.2, 0) is 22.9 Å². The number of rotatable bonds is 3. The molecule has 0 amide bonds. The lowest BCUT2D eigenvalue weighted by molar-refractivity contribution is 0.0580. The molecule has 3 aromatic rings. The first-order valence-electron chi connectivity index (χ1n) is 11.8. The van der Waals surface area contributed by atoms with Gasteiger partial charge in [0.15, 0.2) is 15.7 Å². The Kier molecular flexibility index (Phi) is 4.63. The van der Waals surface area contributed by atoms with Crippen LogP contribution in [0.25, 0.3) is 5.69 Å². The van der Waals surface area contributed by atoms with Crippen LogP contribution in [0.2, 0.25) is 5.02 Å². The molecule has 11 heteroatoms. The Morgan fingerprint density at radius 3 is 2.60 bits per heavy atom. The lowest BCUT2D eigenvalue weighted by Crippen LogP contribution is -2.62. The normalized spacial score (nSPS) is 24.6. The smallest absolute Gasteiger partial charge is 0.214 e. The van der Waals surface area contributed by atoms with Gasteiger partial charge in [-0.05, 0) is 48.7 Å². The van der Waals surface area contributed by atoms with Crippen molar-refractivity contribution in [1.82, 2.24) is 24.6 Å². The first-order valence-corrected chi connectivity index (χ1v) is 14.0. The molecule has 1 aromatic carbocycles. The molecule has 3 fully saturated rings. The van der Waals surface area contributed by atoms with Crippen molar-refractivity contribution < 1.29 is 12.8 Å². The molecule has 0 atom stereocenters. The number of aromatic nitrogens is 4. The summed E-state index contributed by atoms with van der Waals surface area (Å²) in [6, 6.07) is 10.8. The highest BCUT2D eigenvalue weighted by atomic mass is 35.5. The minimum atomic E-state index is -2.93. The Labute approximate surface area is 207 Å². The minimum absolute atomic E-state index is 0.0112. The Balaban J connectivity index is 1.14. The molecule has 0 radical (unpaired) electrons. The van der Waals surface area contributed by atoms with Crippen LogP contribution < -0.4 is 4.90 Å². The van der Waals surface area contributed by atoms with Gasteiger partial charge in [-0.25, -0.2) is 13.4 Å². The van der Waals surface area contributed by atoms with Crippen molar-refractivity contribution in [2.75, 3.05) is 29.5 Å². The summed E-state index contributed by atoms with van der Waals surface area (Å²) in [5.74, 6) is 2.70. The molecule has 3 aliphatic heterocycles. The molecular formula is C24H24ClFN6O2S. The van der Waals surface area contributed by atoms with Gasteiger partial charge in [0.05, 0.1) is 23.7 Å². The predicted molar refractivity (Wildman–Crippen MR) is 129 cm³/mol. The van der Waals surface area contributed by atoms with Crippen molar-refractivity contribution in [2.45, 2.75) is 37.9 Å². The van der Waals surface area contributed by atoms with Gasteiger partial charge in [-0.2, -0.15) is 4.39 Å². The summed E-state index contributed by atoms with van der Waals surface area (Å²) in [7, 11) is -2.93. The zero-order valence-electron chi connectivity index (χ0n) is 18.9. The second-order valence-electron chi connectivity index (χ2n) is 10.5.